The molecule has 1 aliphatic rings. The van der Waals surface area contributed by atoms with Crippen LogP contribution in [0.25, 0.3) is 10.9 Å². The van der Waals surface area contributed by atoms with Crippen LogP contribution in [0.5, 0.6) is 0 Å². The molecule has 0 saturated carbocycles. The van der Waals surface area contributed by atoms with Crippen molar-refractivity contribution < 1.29 is 9.18 Å². The van der Waals surface area contributed by atoms with Gasteiger partial charge >= 0.3 is 0 Å². The molecule has 1 heterocycles. The fourth-order valence-electron chi connectivity index (χ4n) is 3.82. The first kappa shape index (κ1) is 16.3. The Hall–Kier alpha value is -3.13. The van der Waals surface area contributed by atoms with Crippen molar-refractivity contribution >= 4 is 16.8 Å². The number of carbonyl (C=O) groups excluding carboxylic acids is 1. The molecule has 0 fully saturated rings. The highest BCUT2D eigenvalue weighted by molar-refractivity contribution is 5.98. The zero-order chi connectivity index (χ0) is 18.5. The van der Waals surface area contributed by atoms with Gasteiger partial charge in [0.15, 0.2) is 0 Å². The average Bonchev–Trinajstić information content (AvgIpc) is 3.12. The van der Waals surface area contributed by atoms with Gasteiger partial charge in [0, 0.05) is 10.9 Å². The van der Waals surface area contributed by atoms with Crippen LogP contribution in [0, 0.1) is 22.6 Å². The molecular weight excluding hydrogens is 329 g/mol. The van der Waals surface area contributed by atoms with Gasteiger partial charge in [0.25, 0.3) is 5.91 Å². The van der Waals surface area contributed by atoms with Crippen LogP contribution in [0.1, 0.15) is 47.1 Å². The number of carbonyl (C=O) groups is 1. The lowest BCUT2D eigenvalue weighted by molar-refractivity contribution is 0.0899. The lowest BCUT2D eigenvalue weighted by Gasteiger charge is -2.28. The van der Waals surface area contributed by atoms with Crippen molar-refractivity contribution in [2.24, 2.45) is 5.41 Å². The Morgan fingerprint density at radius 2 is 2.08 bits per heavy atom. The van der Waals surface area contributed by atoms with E-state index in [1.165, 1.54) is 12.1 Å². The third kappa shape index (κ3) is 2.64. The van der Waals surface area contributed by atoms with Crippen molar-refractivity contribution in [2.75, 3.05) is 0 Å². The van der Waals surface area contributed by atoms with Crippen molar-refractivity contribution in [1.82, 2.24) is 10.3 Å². The Morgan fingerprint density at radius 3 is 2.85 bits per heavy atom. The Morgan fingerprint density at radius 1 is 1.27 bits per heavy atom. The highest BCUT2D eigenvalue weighted by atomic mass is 19.1. The third-order valence-corrected chi connectivity index (χ3v) is 5.12. The number of hydrogen-bond acceptors (Lipinski definition) is 2. The molecule has 2 N–H and O–H groups in total. The highest BCUT2D eigenvalue weighted by Gasteiger charge is 2.40. The number of H-pyrrole nitrogens is 1. The fraction of sp³-hybridized carbons (Fsp3) is 0.238. The number of hydrogen-bond donors (Lipinski definition) is 2. The van der Waals surface area contributed by atoms with Crippen molar-refractivity contribution in [2.45, 2.75) is 26.3 Å². The standard InChI is InChI=1S/C21H18FN3O/c1-21(2)10-13-4-3-12(11-23)7-16(13)19(21)25-20(26)18-9-14-8-15(22)5-6-17(14)24-18/h3-9,19,24H,10H2,1-2H3,(H,25,26)/t19-/m0/s1. The smallest absolute Gasteiger partial charge is 0.268 e. The molecule has 4 nitrogen and oxygen atoms in total. The molecule has 1 aliphatic carbocycles. The number of fused-ring (bicyclic) bond motifs is 2. The van der Waals surface area contributed by atoms with E-state index in [4.69, 9.17) is 0 Å². The van der Waals surface area contributed by atoms with Gasteiger partial charge < -0.3 is 10.3 Å². The summed E-state index contributed by atoms with van der Waals surface area (Å²) < 4.78 is 13.4. The minimum atomic E-state index is -0.335. The van der Waals surface area contributed by atoms with Crippen molar-refractivity contribution in [1.29, 1.82) is 5.26 Å². The molecule has 5 heteroatoms. The van der Waals surface area contributed by atoms with Gasteiger partial charge in [-0.05, 0) is 59.4 Å². The summed E-state index contributed by atoms with van der Waals surface area (Å²) in [4.78, 5) is 15.8. The molecule has 0 saturated heterocycles. The van der Waals surface area contributed by atoms with Crippen LogP contribution < -0.4 is 5.32 Å². The summed E-state index contributed by atoms with van der Waals surface area (Å²) >= 11 is 0. The van der Waals surface area contributed by atoms with Gasteiger partial charge in [-0.2, -0.15) is 5.26 Å². The van der Waals surface area contributed by atoms with E-state index >= 15 is 0 Å². The van der Waals surface area contributed by atoms with E-state index in [1.54, 1.807) is 12.1 Å². The second-order valence-corrected chi connectivity index (χ2v) is 7.51. The van der Waals surface area contributed by atoms with E-state index in [0.717, 1.165) is 23.1 Å². The van der Waals surface area contributed by atoms with Crippen LogP contribution in [0.15, 0.2) is 42.5 Å². The summed E-state index contributed by atoms with van der Waals surface area (Å²) in [5, 5.41) is 12.9. The zero-order valence-electron chi connectivity index (χ0n) is 14.6. The third-order valence-electron chi connectivity index (χ3n) is 5.12. The zero-order valence-corrected chi connectivity index (χ0v) is 14.6. The summed E-state index contributed by atoms with van der Waals surface area (Å²) in [6.45, 7) is 4.20. The lowest BCUT2D eigenvalue weighted by atomic mass is 9.85. The fourth-order valence-corrected chi connectivity index (χ4v) is 3.82. The molecule has 3 aromatic rings. The number of nitriles is 1. The highest BCUT2D eigenvalue weighted by Crippen LogP contribution is 2.45. The van der Waals surface area contributed by atoms with Gasteiger partial charge in [-0.3, -0.25) is 4.79 Å². The van der Waals surface area contributed by atoms with Crippen LogP contribution in [0.4, 0.5) is 4.39 Å². The van der Waals surface area contributed by atoms with Crippen molar-refractivity contribution in [3.8, 4) is 6.07 Å². The molecule has 2 aromatic carbocycles. The molecule has 0 bridgehead atoms. The number of nitrogens with zero attached hydrogens (tertiary/aromatic N) is 1. The molecule has 1 atom stereocenters. The molecule has 1 aromatic heterocycles. The SMILES string of the molecule is CC1(C)Cc2ccc(C#N)cc2[C@@H]1NC(=O)c1cc2cc(F)ccc2[nH]1. The van der Waals surface area contributed by atoms with E-state index in [2.05, 4.69) is 30.2 Å². The van der Waals surface area contributed by atoms with E-state index in [-0.39, 0.29) is 23.2 Å². The number of nitrogens with one attached hydrogen (secondary N) is 2. The molecule has 1 amide bonds. The summed E-state index contributed by atoms with van der Waals surface area (Å²) in [5.74, 6) is -0.576. The quantitative estimate of drug-likeness (QED) is 0.728. The van der Waals surface area contributed by atoms with Crippen LogP contribution in [-0.4, -0.2) is 10.9 Å². The molecule has 0 aliphatic heterocycles. The number of aromatic amines is 1. The molecular formula is C21H18FN3O. The molecule has 130 valence electrons. The number of amides is 1. The van der Waals surface area contributed by atoms with Crippen molar-refractivity contribution in [3.05, 3.63) is 70.7 Å². The average molecular weight is 347 g/mol. The Bertz CT molecular complexity index is 1070. The Kier molecular flexibility index (Phi) is 3.58. The van der Waals surface area contributed by atoms with E-state index < -0.39 is 0 Å². The van der Waals surface area contributed by atoms with E-state index in [1.807, 2.05) is 18.2 Å². The molecule has 0 unspecified atom stereocenters. The first-order valence-corrected chi connectivity index (χ1v) is 8.49. The lowest BCUT2D eigenvalue weighted by Crippen LogP contribution is -2.35. The normalized spacial score (nSPS) is 17.7. The minimum Gasteiger partial charge on any atom is -0.351 e. The molecule has 4 rings (SSSR count). The second kappa shape index (κ2) is 5.70. The largest absolute Gasteiger partial charge is 0.351 e. The summed E-state index contributed by atoms with van der Waals surface area (Å²) in [7, 11) is 0. The van der Waals surface area contributed by atoms with Gasteiger partial charge in [-0.25, -0.2) is 4.39 Å². The second-order valence-electron chi connectivity index (χ2n) is 7.51. The van der Waals surface area contributed by atoms with Gasteiger partial charge in [0.05, 0.1) is 17.7 Å². The molecule has 26 heavy (non-hydrogen) atoms. The van der Waals surface area contributed by atoms with Gasteiger partial charge in [0.1, 0.15) is 11.5 Å². The van der Waals surface area contributed by atoms with E-state index in [9.17, 15) is 14.4 Å². The Balaban J connectivity index is 1.67. The van der Waals surface area contributed by atoms with E-state index in [0.29, 0.717) is 16.6 Å². The predicted octanol–water partition coefficient (Wildman–Crippen LogP) is 4.23. The summed E-state index contributed by atoms with van der Waals surface area (Å²) in [6.07, 6.45) is 0.830. The van der Waals surface area contributed by atoms with Gasteiger partial charge in [-0.15, -0.1) is 0 Å². The van der Waals surface area contributed by atoms with Crippen LogP contribution >= 0.6 is 0 Å². The number of benzene rings is 2. The maximum Gasteiger partial charge on any atom is 0.268 e. The van der Waals surface area contributed by atoms with Crippen LogP contribution in [0.2, 0.25) is 0 Å². The van der Waals surface area contributed by atoms with Gasteiger partial charge in [0.2, 0.25) is 0 Å². The first-order valence-electron chi connectivity index (χ1n) is 8.49. The maximum absolute atomic E-state index is 13.4. The Labute approximate surface area is 150 Å². The summed E-state index contributed by atoms with van der Waals surface area (Å²) in [5.41, 5.74) is 3.68. The van der Waals surface area contributed by atoms with Gasteiger partial charge in [-0.1, -0.05) is 19.9 Å². The topological polar surface area (TPSA) is 68.7 Å². The minimum absolute atomic E-state index is 0.163. The van der Waals surface area contributed by atoms with Crippen LogP contribution in [-0.2, 0) is 6.42 Å². The maximum atomic E-state index is 13.4. The monoisotopic (exact) mass is 347 g/mol. The molecule has 0 radical (unpaired) electrons. The van der Waals surface area contributed by atoms with Crippen LogP contribution in [0.3, 0.4) is 0 Å². The predicted molar refractivity (Wildman–Crippen MR) is 97.1 cm³/mol. The first-order chi connectivity index (χ1) is 12.4. The summed E-state index contributed by atoms with van der Waals surface area (Å²) in [6, 6.07) is 13.6. The molecule has 0 spiro atoms. The number of aromatic nitrogens is 1. The number of rotatable bonds is 2. The number of halogens is 1. The van der Waals surface area contributed by atoms with Crippen molar-refractivity contribution in [3.63, 3.8) is 0 Å².